The third-order valence-electron chi connectivity index (χ3n) is 3.50. The van der Waals surface area contributed by atoms with E-state index in [0.717, 1.165) is 31.5 Å². The number of nitrogens with zero attached hydrogens (tertiary/aromatic N) is 2. The molecule has 1 aromatic carbocycles. The minimum atomic E-state index is -0.262. The number of hydrogen-bond acceptors (Lipinski definition) is 3. The first-order valence-corrected chi connectivity index (χ1v) is 6.52. The third kappa shape index (κ3) is 2.77. The number of phenolic OH excluding ortho intramolecular Hbond substituents is 1. The van der Waals surface area contributed by atoms with Crippen molar-refractivity contribution in [3.8, 4) is 11.8 Å². The highest BCUT2D eigenvalue weighted by Crippen LogP contribution is 2.32. The number of phenols is 1. The fraction of sp³-hybridized carbons (Fsp3) is 0.500. The summed E-state index contributed by atoms with van der Waals surface area (Å²) in [5, 5.41) is 19.2. The lowest BCUT2D eigenvalue weighted by Crippen LogP contribution is -2.40. The summed E-state index contributed by atoms with van der Waals surface area (Å²) in [7, 11) is 0. The number of aromatic hydroxyl groups is 1. The number of piperidine rings is 1. The molecule has 0 aromatic heterocycles. The minimum Gasteiger partial charge on any atom is -0.506 e. The highest BCUT2D eigenvalue weighted by atomic mass is 35.5. The molecule has 1 atom stereocenters. The summed E-state index contributed by atoms with van der Waals surface area (Å²) < 4.78 is 0. The summed E-state index contributed by atoms with van der Waals surface area (Å²) >= 11 is 6.08. The first-order valence-electron chi connectivity index (χ1n) is 6.14. The minimum absolute atomic E-state index is 0.120. The van der Waals surface area contributed by atoms with Crippen LogP contribution in [0.2, 0.25) is 5.02 Å². The molecule has 1 heterocycles. The van der Waals surface area contributed by atoms with Gasteiger partial charge in [0.25, 0.3) is 0 Å². The van der Waals surface area contributed by atoms with Crippen LogP contribution in [0.15, 0.2) is 18.2 Å². The Kier molecular flexibility index (Phi) is 3.79. The zero-order valence-corrected chi connectivity index (χ0v) is 11.2. The van der Waals surface area contributed by atoms with E-state index in [1.807, 2.05) is 13.0 Å². The van der Waals surface area contributed by atoms with E-state index in [-0.39, 0.29) is 11.2 Å². The van der Waals surface area contributed by atoms with Crippen molar-refractivity contribution >= 4 is 11.6 Å². The second kappa shape index (κ2) is 5.17. The summed E-state index contributed by atoms with van der Waals surface area (Å²) in [6, 6.07) is 7.70. The quantitative estimate of drug-likeness (QED) is 0.893. The normalized spacial score (nSPS) is 24.7. The highest BCUT2D eigenvalue weighted by Gasteiger charge is 2.31. The van der Waals surface area contributed by atoms with Crippen LogP contribution in [-0.4, -0.2) is 23.1 Å². The van der Waals surface area contributed by atoms with Crippen molar-refractivity contribution in [1.29, 1.82) is 5.26 Å². The van der Waals surface area contributed by atoms with Gasteiger partial charge in [0, 0.05) is 13.1 Å². The second-order valence-electron chi connectivity index (χ2n) is 5.24. The van der Waals surface area contributed by atoms with Crippen LogP contribution < -0.4 is 0 Å². The van der Waals surface area contributed by atoms with Gasteiger partial charge in [-0.2, -0.15) is 5.26 Å². The van der Waals surface area contributed by atoms with Crippen molar-refractivity contribution in [2.45, 2.75) is 26.3 Å². The predicted octanol–water partition coefficient (Wildman–Crippen LogP) is 3.17. The average molecular weight is 265 g/mol. The number of rotatable bonds is 2. The fourth-order valence-electron chi connectivity index (χ4n) is 2.50. The van der Waals surface area contributed by atoms with Crippen LogP contribution in [0, 0.1) is 16.7 Å². The van der Waals surface area contributed by atoms with E-state index in [2.05, 4.69) is 11.0 Å². The molecule has 1 saturated heterocycles. The van der Waals surface area contributed by atoms with Crippen molar-refractivity contribution in [3.05, 3.63) is 28.8 Å². The van der Waals surface area contributed by atoms with Crippen molar-refractivity contribution < 1.29 is 5.11 Å². The van der Waals surface area contributed by atoms with Crippen LogP contribution in [0.25, 0.3) is 0 Å². The molecule has 1 aliphatic heterocycles. The number of likely N-dealkylation sites (tertiary alicyclic amines) is 1. The van der Waals surface area contributed by atoms with E-state index in [1.54, 1.807) is 12.1 Å². The first kappa shape index (κ1) is 13.2. The molecule has 1 unspecified atom stereocenters. The molecule has 0 spiro atoms. The zero-order valence-electron chi connectivity index (χ0n) is 10.5. The molecule has 0 aliphatic carbocycles. The maximum absolute atomic E-state index is 9.58. The summed E-state index contributed by atoms with van der Waals surface area (Å²) in [5.41, 5.74) is 0.653. The van der Waals surface area contributed by atoms with Gasteiger partial charge in [-0.1, -0.05) is 23.7 Å². The number of halogens is 1. The Balaban J connectivity index is 2.10. The summed E-state index contributed by atoms with van der Waals surface area (Å²) in [4.78, 5) is 2.23. The Morgan fingerprint density at radius 1 is 1.56 bits per heavy atom. The highest BCUT2D eigenvalue weighted by molar-refractivity contribution is 6.32. The lowest BCUT2D eigenvalue weighted by molar-refractivity contribution is 0.137. The molecule has 1 aromatic rings. The van der Waals surface area contributed by atoms with E-state index in [9.17, 15) is 10.4 Å². The van der Waals surface area contributed by atoms with E-state index < -0.39 is 0 Å². The fourth-order valence-corrected chi connectivity index (χ4v) is 2.69. The summed E-state index contributed by atoms with van der Waals surface area (Å²) in [6.07, 6.45) is 1.98. The number of nitriles is 1. The maximum atomic E-state index is 9.58. The van der Waals surface area contributed by atoms with Gasteiger partial charge < -0.3 is 5.11 Å². The molecule has 96 valence electrons. The van der Waals surface area contributed by atoms with Crippen LogP contribution >= 0.6 is 11.6 Å². The van der Waals surface area contributed by atoms with Gasteiger partial charge in [0.15, 0.2) is 0 Å². The van der Waals surface area contributed by atoms with Gasteiger partial charge in [-0.15, -0.1) is 0 Å². The smallest absolute Gasteiger partial charge is 0.134 e. The number of benzene rings is 1. The van der Waals surface area contributed by atoms with E-state index in [4.69, 9.17) is 11.6 Å². The van der Waals surface area contributed by atoms with E-state index in [0.29, 0.717) is 11.6 Å². The van der Waals surface area contributed by atoms with Crippen LogP contribution in [0.4, 0.5) is 0 Å². The van der Waals surface area contributed by atoms with Gasteiger partial charge in [-0.3, -0.25) is 4.90 Å². The first-order chi connectivity index (χ1) is 8.54. The molecular formula is C14H17ClN2O. The van der Waals surface area contributed by atoms with E-state index >= 15 is 0 Å². The molecule has 0 bridgehead atoms. The third-order valence-corrected chi connectivity index (χ3v) is 3.93. The summed E-state index contributed by atoms with van der Waals surface area (Å²) in [6.45, 7) is 4.42. The predicted molar refractivity (Wildman–Crippen MR) is 71.3 cm³/mol. The molecule has 0 amide bonds. The molecular weight excluding hydrogens is 248 g/mol. The van der Waals surface area contributed by atoms with Gasteiger partial charge >= 0.3 is 0 Å². The van der Waals surface area contributed by atoms with Crippen molar-refractivity contribution in [2.24, 2.45) is 5.41 Å². The van der Waals surface area contributed by atoms with Crippen molar-refractivity contribution in [3.63, 3.8) is 0 Å². The van der Waals surface area contributed by atoms with Crippen LogP contribution in [0.3, 0.4) is 0 Å². The Morgan fingerprint density at radius 2 is 2.33 bits per heavy atom. The van der Waals surface area contributed by atoms with Gasteiger partial charge in [0.05, 0.1) is 16.5 Å². The van der Waals surface area contributed by atoms with Gasteiger partial charge in [0.2, 0.25) is 0 Å². The molecule has 0 radical (unpaired) electrons. The standard InChI is InChI=1S/C14H17ClN2O/c1-14(9-16)6-3-7-17(10-14)8-11-4-2-5-12(18)13(11)15/h2,4-5,18H,3,6-8,10H2,1H3. The molecule has 1 aliphatic rings. The second-order valence-corrected chi connectivity index (χ2v) is 5.61. The molecule has 3 nitrogen and oxygen atoms in total. The van der Waals surface area contributed by atoms with Gasteiger partial charge in [-0.25, -0.2) is 0 Å². The topological polar surface area (TPSA) is 47.3 Å². The lowest BCUT2D eigenvalue weighted by atomic mass is 9.83. The monoisotopic (exact) mass is 264 g/mol. The maximum Gasteiger partial charge on any atom is 0.134 e. The Labute approximate surface area is 113 Å². The van der Waals surface area contributed by atoms with E-state index in [1.165, 1.54) is 0 Å². The Bertz CT molecular complexity index is 483. The lowest BCUT2D eigenvalue weighted by Gasteiger charge is -2.36. The molecule has 18 heavy (non-hydrogen) atoms. The molecule has 2 rings (SSSR count). The van der Waals surface area contributed by atoms with Crippen molar-refractivity contribution in [2.75, 3.05) is 13.1 Å². The number of hydrogen-bond donors (Lipinski definition) is 1. The van der Waals surface area contributed by atoms with Crippen LogP contribution in [0.1, 0.15) is 25.3 Å². The molecule has 0 saturated carbocycles. The summed E-state index contributed by atoms with van der Waals surface area (Å²) in [5.74, 6) is 0.120. The average Bonchev–Trinajstić information content (AvgIpc) is 2.35. The SMILES string of the molecule is CC1(C#N)CCCN(Cc2cccc(O)c2Cl)C1. The molecule has 1 N–H and O–H groups in total. The van der Waals surface area contributed by atoms with Gasteiger partial charge in [-0.05, 0) is 37.9 Å². The zero-order chi connectivity index (χ0) is 13.2. The Hall–Kier alpha value is -1.24. The van der Waals surface area contributed by atoms with Crippen LogP contribution in [-0.2, 0) is 6.54 Å². The Morgan fingerprint density at radius 3 is 3.06 bits per heavy atom. The van der Waals surface area contributed by atoms with Crippen LogP contribution in [0.5, 0.6) is 5.75 Å². The largest absolute Gasteiger partial charge is 0.506 e. The molecule has 4 heteroatoms. The molecule has 1 fully saturated rings. The van der Waals surface area contributed by atoms with Crippen molar-refractivity contribution in [1.82, 2.24) is 4.90 Å². The van der Waals surface area contributed by atoms with Gasteiger partial charge in [0.1, 0.15) is 5.75 Å².